The van der Waals surface area contributed by atoms with Crippen LogP contribution in [0.3, 0.4) is 0 Å². The van der Waals surface area contributed by atoms with Crippen LogP contribution in [0.5, 0.6) is 0 Å². The summed E-state index contributed by atoms with van der Waals surface area (Å²) >= 11 is 0. The van der Waals surface area contributed by atoms with Gasteiger partial charge in [-0.15, -0.1) is 0 Å². The highest BCUT2D eigenvalue weighted by molar-refractivity contribution is 6.07. The molecule has 0 saturated carbocycles. The Morgan fingerprint density at radius 1 is 0.919 bits per heavy atom. The zero-order valence-electron chi connectivity index (χ0n) is 21.4. The van der Waals surface area contributed by atoms with Gasteiger partial charge >= 0.3 is 6.03 Å². The van der Waals surface area contributed by atoms with Crippen LogP contribution in [0, 0.1) is 0 Å². The number of aromatic nitrogens is 1. The number of carbonyl (C=O) groups excluding carboxylic acids is 2. The largest absolute Gasteiger partial charge is 0.328 e. The Morgan fingerprint density at radius 3 is 2.27 bits per heavy atom. The van der Waals surface area contributed by atoms with Crippen LogP contribution in [0.4, 0.5) is 4.79 Å². The molecule has 1 spiro atoms. The molecule has 0 radical (unpaired) electrons. The van der Waals surface area contributed by atoms with Crippen LogP contribution in [-0.2, 0) is 17.8 Å². The Labute approximate surface area is 219 Å². The second-order valence-electron chi connectivity index (χ2n) is 10.1. The van der Waals surface area contributed by atoms with Crippen molar-refractivity contribution in [3.05, 3.63) is 107 Å². The predicted molar refractivity (Wildman–Crippen MR) is 146 cm³/mol. The van der Waals surface area contributed by atoms with E-state index in [1.54, 1.807) is 12.4 Å². The van der Waals surface area contributed by atoms with Crippen molar-refractivity contribution >= 4 is 18.0 Å². The van der Waals surface area contributed by atoms with Gasteiger partial charge in [0.2, 0.25) is 0 Å². The fourth-order valence-electron chi connectivity index (χ4n) is 5.59. The van der Waals surface area contributed by atoms with Crippen LogP contribution in [0.25, 0.3) is 6.08 Å². The van der Waals surface area contributed by atoms with Gasteiger partial charge in [0, 0.05) is 38.6 Å². The quantitative estimate of drug-likeness (QED) is 0.413. The maximum Gasteiger partial charge on any atom is 0.328 e. The summed E-state index contributed by atoms with van der Waals surface area (Å²) in [7, 11) is 0. The van der Waals surface area contributed by atoms with E-state index in [-0.39, 0.29) is 18.5 Å². The number of urea groups is 1. The molecule has 5 rings (SSSR count). The molecule has 3 amide bonds. The molecule has 2 saturated heterocycles. The number of carbonyl (C=O) groups is 2. The van der Waals surface area contributed by atoms with Gasteiger partial charge in [-0.2, -0.15) is 0 Å². The maximum absolute atomic E-state index is 13.9. The zero-order valence-corrected chi connectivity index (χ0v) is 21.4. The van der Waals surface area contributed by atoms with Gasteiger partial charge in [0.05, 0.1) is 6.54 Å². The minimum Gasteiger partial charge on any atom is -0.309 e. The topological polar surface area (TPSA) is 56.8 Å². The average Bonchev–Trinajstić information content (AvgIpc) is 3.11. The van der Waals surface area contributed by atoms with Gasteiger partial charge in [-0.05, 0) is 48.9 Å². The third-order valence-electron chi connectivity index (χ3n) is 7.52. The van der Waals surface area contributed by atoms with Gasteiger partial charge in [-0.25, -0.2) is 4.79 Å². The Kier molecular flexibility index (Phi) is 7.47. The molecule has 2 fully saturated rings. The lowest BCUT2D eigenvalue weighted by Gasteiger charge is -2.42. The average molecular weight is 495 g/mol. The van der Waals surface area contributed by atoms with Crippen molar-refractivity contribution in [3.8, 4) is 0 Å². The highest BCUT2D eigenvalue weighted by Gasteiger charge is 2.57. The summed E-state index contributed by atoms with van der Waals surface area (Å²) in [4.78, 5) is 37.4. The molecule has 0 N–H and O–H groups in total. The first kappa shape index (κ1) is 24.9. The van der Waals surface area contributed by atoms with Crippen molar-refractivity contribution in [2.45, 2.75) is 38.3 Å². The second kappa shape index (κ2) is 11.1. The zero-order chi connectivity index (χ0) is 25.7. The van der Waals surface area contributed by atoms with E-state index in [4.69, 9.17) is 0 Å². The van der Waals surface area contributed by atoms with E-state index in [1.807, 2.05) is 53.4 Å². The lowest BCUT2D eigenvalue weighted by atomic mass is 9.85. The van der Waals surface area contributed by atoms with Crippen LogP contribution in [0.1, 0.15) is 36.5 Å². The smallest absolute Gasteiger partial charge is 0.309 e. The number of hydrogen-bond acceptors (Lipinski definition) is 4. The second-order valence-corrected chi connectivity index (χ2v) is 10.1. The van der Waals surface area contributed by atoms with Gasteiger partial charge in [0.1, 0.15) is 5.54 Å². The summed E-state index contributed by atoms with van der Waals surface area (Å²) in [5.41, 5.74) is 3.74. The molecule has 1 aromatic heterocycles. The SMILES string of the molecule is C/C(=C\c1ccccc1)CN1CCC2(CC1)C(=O)N(Cc1cccnc1)C(=O)N2CCc1ccccc1. The van der Waals surface area contributed by atoms with E-state index in [2.05, 4.69) is 47.1 Å². The van der Waals surface area contributed by atoms with Gasteiger partial charge in [0.15, 0.2) is 0 Å². The van der Waals surface area contributed by atoms with E-state index in [1.165, 1.54) is 21.6 Å². The first-order valence-electron chi connectivity index (χ1n) is 13.1. The van der Waals surface area contributed by atoms with Gasteiger partial charge in [-0.1, -0.05) is 78.4 Å². The normalized spacial score (nSPS) is 18.1. The minimum atomic E-state index is -0.776. The van der Waals surface area contributed by atoms with Crippen molar-refractivity contribution in [2.75, 3.05) is 26.2 Å². The molecular formula is C31H34N4O2. The van der Waals surface area contributed by atoms with Gasteiger partial charge in [0.25, 0.3) is 5.91 Å². The number of piperidine rings is 1. The summed E-state index contributed by atoms with van der Waals surface area (Å²) in [5, 5.41) is 0. The molecule has 0 atom stereocenters. The Morgan fingerprint density at radius 2 is 1.59 bits per heavy atom. The summed E-state index contributed by atoms with van der Waals surface area (Å²) in [5.74, 6) is -0.0642. The molecule has 3 heterocycles. The van der Waals surface area contributed by atoms with E-state index in [9.17, 15) is 9.59 Å². The van der Waals surface area contributed by atoms with Crippen molar-refractivity contribution in [2.24, 2.45) is 0 Å². The van der Waals surface area contributed by atoms with Crippen LogP contribution >= 0.6 is 0 Å². The molecule has 2 aromatic carbocycles. The summed E-state index contributed by atoms with van der Waals surface area (Å²) in [6.07, 6.45) is 7.67. The van der Waals surface area contributed by atoms with E-state index in [0.717, 1.165) is 31.6 Å². The van der Waals surface area contributed by atoms with Crippen LogP contribution in [0.15, 0.2) is 90.8 Å². The summed E-state index contributed by atoms with van der Waals surface area (Å²) in [6.45, 7) is 5.37. The first-order chi connectivity index (χ1) is 18.0. The van der Waals surface area contributed by atoms with Crippen LogP contribution < -0.4 is 0 Å². The van der Waals surface area contributed by atoms with Crippen LogP contribution in [-0.4, -0.2) is 63.3 Å². The number of rotatable bonds is 8. The van der Waals surface area contributed by atoms with Crippen molar-refractivity contribution in [1.29, 1.82) is 0 Å². The maximum atomic E-state index is 13.9. The molecule has 2 aliphatic rings. The molecule has 190 valence electrons. The van der Waals surface area contributed by atoms with E-state index >= 15 is 0 Å². The highest BCUT2D eigenvalue weighted by atomic mass is 16.2. The highest BCUT2D eigenvalue weighted by Crippen LogP contribution is 2.38. The molecule has 6 nitrogen and oxygen atoms in total. The van der Waals surface area contributed by atoms with Crippen LogP contribution in [0.2, 0.25) is 0 Å². The van der Waals surface area contributed by atoms with Gasteiger partial charge < -0.3 is 4.90 Å². The molecule has 0 aliphatic carbocycles. The lowest BCUT2D eigenvalue weighted by molar-refractivity contribution is -0.136. The number of likely N-dealkylation sites (tertiary alicyclic amines) is 1. The molecule has 37 heavy (non-hydrogen) atoms. The van der Waals surface area contributed by atoms with Gasteiger partial charge in [-0.3, -0.25) is 19.6 Å². The molecule has 0 unspecified atom stereocenters. The standard InChI is InChI=1S/C31H34N4O2/c1-25(21-27-11-6-3-7-12-27)23-33-19-15-31(16-20-33)29(36)34(24-28-13-8-17-32-22-28)30(37)35(31)18-14-26-9-4-2-5-10-26/h2-13,17,21-22H,14-16,18-20,23-24H2,1H3/b25-21+. The Hall–Kier alpha value is -3.77. The first-order valence-corrected chi connectivity index (χ1v) is 13.1. The number of nitrogens with zero attached hydrogens (tertiary/aromatic N) is 4. The summed E-state index contributed by atoms with van der Waals surface area (Å²) < 4.78 is 0. The molecule has 0 bridgehead atoms. The van der Waals surface area contributed by atoms with E-state index in [0.29, 0.717) is 19.4 Å². The fourth-order valence-corrected chi connectivity index (χ4v) is 5.59. The Bertz CT molecular complexity index is 1240. The third kappa shape index (κ3) is 5.49. The van der Waals surface area contributed by atoms with Crippen molar-refractivity contribution in [1.82, 2.24) is 19.7 Å². The fraction of sp³-hybridized carbons (Fsp3) is 0.323. The van der Waals surface area contributed by atoms with Crippen molar-refractivity contribution in [3.63, 3.8) is 0 Å². The third-order valence-corrected chi connectivity index (χ3v) is 7.52. The number of pyridine rings is 1. The molecule has 6 heteroatoms. The monoisotopic (exact) mass is 494 g/mol. The number of amides is 3. The Balaban J connectivity index is 1.32. The predicted octanol–water partition coefficient (Wildman–Crippen LogP) is 5.03. The number of benzene rings is 2. The van der Waals surface area contributed by atoms with E-state index < -0.39 is 5.54 Å². The summed E-state index contributed by atoms with van der Waals surface area (Å²) in [6, 6.07) is 24.1. The molecule has 2 aliphatic heterocycles. The molecule has 3 aromatic rings. The van der Waals surface area contributed by atoms with Crippen molar-refractivity contribution < 1.29 is 9.59 Å². The number of hydrogen-bond donors (Lipinski definition) is 0. The number of imide groups is 1. The molecular weight excluding hydrogens is 460 g/mol. The minimum absolute atomic E-state index is 0.0642. The lowest BCUT2D eigenvalue weighted by Crippen LogP contribution is -2.57.